The van der Waals surface area contributed by atoms with E-state index in [1.807, 2.05) is 62.4 Å². The lowest BCUT2D eigenvalue weighted by atomic mass is 10.1. The van der Waals surface area contributed by atoms with E-state index >= 15 is 0 Å². The first kappa shape index (κ1) is 25.2. The number of aromatic nitrogens is 3. The van der Waals surface area contributed by atoms with Gasteiger partial charge in [-0.25, -0.2) is 15.0 Å². The molecule has 0 atom stereocenters. The molecule has 2 aromatic carbocycles. The number of amides is 1. The van der Waals surface area contributed by atoms with E-state index < -0.39 is 0 Å². The second kappa shape index (κ2) is 11.3. The van der Waals surface area contributed by atoms with Gasteiger partial charge in [-0.1, -0.05) is 12.1 Å². The SMILES string of the molecule is Cc1cc(N2CCN(c3ncccn3)CC2)nc2ccc(NC(=O)/C=C/c3ccc(OC(C)C)cc3)cc12. The van der Waals surface area contributed by atoms with Gasteiger partial charge in [0.1, 0.15) is 11.6 Å². The van der Waals surface area contributed by atoms with Crippen molar-refractivity contribution in [3.8, 4) is 5.75 Å². The van der Waals surface area contributed by atoms with Gasteiger partial charge >= 0.3 is 0 Å². The average Bonchev–Trinajstić information content (AvgIpc) is 2.93. The van der Waals surface area contributed by atoms with Crippen LogP contribution in [0.25, 0.3) is 17.0 Å². The number of piperazine rings is 1. The van der Waals surface area contributed by atoms with Crippen molar-refractivity contribution in [1.29, 1.82) is 0 Å². The van der Waals surface area contributed by atoms with Crippen molar-refractivity contribution in [3.05, 3.63) is 84.2 Å². The molecule has 4 aromatic rings. The number of anilines is 3. The summed E-state index contributed by atoms with van der Waals surface area (Å²) < 4.78 is 5.66. The molecule has 0 radical (unpaired) electrons. The zero-order valence-electron chi connectivity index (χ0n) is 22.0. The Morgan fingerprint density at radius 1 is 0.974 bits per heavy atom. The molecule has 1 saturated heterocycles. The maximum Gasteiger partial charge on any atom is 0.248 e. The molecule has 0 aliphatic carbocycles. The van der Waals surface area contributed by atoms with Crippen molar-refractivity contribution in [2.75, 3.05) is 41.3 Å². The Labute approximate surface area is 223 Å². The number of fused-ring (bicyclic) bond motifs is 1. The van der Waals surface area contributed by atoms with Gasteiger partial charge in [0.05, 0.1) is 11.6 Å². The van der Waals surface area contributed by atoms with Crippen LogP contribution in [0.1, 0.15) is 25.0 Å². The van der Waals surface area contributed by atoms with Gasteiger partial charge < -0.3 is 19.9 Å². The minimum atomic E-state index is -0.186. The first-order valence-electron chi connectivity index (χ1n) is 12.9. The zero-order chi connectivity index (χ0) is 26.5. The Hall–Kier alpha value is -4.46. The largest absolute Gasteiger partial charge is 0.491 e. The van der Waals surface area contributed by atoms with Gasteiger partial charge in [0.15, 0.2) is 0 Å². The number of hydrogen-bond donors (Lipinski definition) is 1. The molecule has 2 aromatic heterocycles. The fraction of sp³-hybridized carbons (Fsp3) is 0.267. The van der Waals surface area contributed by atoms with E-state index in [2.05, 4.69) is 38.1 Å². The van der Waals surface area contributed by atoms with Crippen LogP contribution in [0.2, 0.25) is 0 Å². The molecular weight excluding hydrogens is 476 g/mol. The van der Waals surface area contributed by atoms with Gasteiger partial charge in [0.25, 0.3) is 0 Å². The minimum absolute atomic E-state index is 0.126. The molecule has 38 heavy (non-hydrogen) atoms. The van der Waals surface area contributed by atoms with Gasteiger partial charge in [-0.3, -0.25) is 4.79 Å². The third kappa shape index (κ3) is 6.08. The summed E-state index contributed by atoms with van der Waals surface area (Å²) in [6, 6.07) is 17.5. The number of hydrogen-bond acceptors (Lipinski definition) is 7. The minimum Gasteiger partial charge on any atom is -0.491 e. The molecule has 194 valence electrons. The summed E-state index contributed by atoms with van der Waals surface area (Å²) in [5, 5.41) is 3.98. The fourth-order valence-electron chi connectivity index (χ4n) is 4.49. The highest BCUT2D eigenvalue weighted by atomic mass is 16.5. The molecule has 0 unspecified atom stereocenters. The highest BCUT2D eigenvalue weighted by molar-refractivity contribution is 6.03. The van der Waals surface area contributed by atoms with Gasteiger partial charge in [-0.15, -0.1) is 0 Å². The number of nitrogens with one attached hydrogen (secondary N) is 1. The molecule has 1 fully saturated rings. The van der Waals surface area contributed by atoms with Crippen LogP contribution in [0.5, 0.6) is 5.75 Å². The van der Waals surface area contributed by atoms with Crippen LogP contribution in [0.15, 0.2) is 73.1 Å². The molecule has 3 heterocycles. The lowest BCUT2D eigenvalue weighted by Crippen LogP contribution is -2.47. The molecule has 0 spiro atoms. The van der Waals surface area contributed by atoms with Crippen molar-refractivity contribution in [2.45, 2.75) is 26.9 Å². The van der Waals surface area contributed by atoms with E-state index in [0.717, 1.165) is 71.4 Å². The van der Waals surface area contributed by atoms with Crippen molar-refractivity contribution < 1.29 is 9.53 Å². The predicted octanol–water partition coefficient (Wildman–Crippen LogP) is 5.10. The van der Waals surface area contributed by atoms with Crippen molar-refractivity contribution in [3.63, 3.8) is 0 Å². The van der Waals surface area contributed by atoms with Gasteiger partial charge in [0.2, 0.25) is 11.9 Å². The number of aryl methyl sites for hydroxylation is 1. The van der Waals surface area contributed by atoms with Crippen molar-refractivity contribution in [1.82, 2.24) is 15.0 Å². The zero-order valence-corrected chi connectivity index (χ0v) is 22.0. The summed E-state index contributed by atoms with van der Waals surface area (Å²) in [5.74, 6) is 2.37. The Morgan fingerprint density at radius 3 is 2.39 bits per heavy atom. The van der Waals surface area contributed by atoms with Crippen LogP contribution in [-0.4, -0.2) is 53.1 Å². The summed E-state index contributed by atoms with van der Waals surface area (Å²) in [4.78, 5) is 30.7. The molecule has 1 aliphatic rings. The van der Waals surface area contributed by atoms with Crippen LogP contribution in [-0.2, 0) is 4.79 Å². The first-order valence-corrected chi connectivity index (χ1v) is 12.9. The molecule has 5 rings (SSSR count). The molecular formula is C30H32N6O2. The highest BCUT2D eigenvalue weighted by Gasteiger charge is 2.20. The first-order chi connectivity index (χ1) is 18.4. The third-order valence-corrected chi connectivity index (χ3v) is 6.39. The highest BCUT2D eigenvalue weighted by Crippen LogP contribution is 2.26. The second-order valence-corrected chi connectivity index (χ2v) is 9.61. The van der Waals surface area contributed by atoms with Crippen LogP contribution >= 0.6 is 0 Å². The van der Waals surface area contributed by atoms with Crippen LogP contribution in [0, 0.1) is 6.92 Å². The van der Waals surface area contributed by atoms with Crippen molar-refractivity contribution in [2.24, 2.45) is 0 Å². The lowest BCUT2D eigenvalue weighted by Gasteiger charge is -2.35. The predicted molar refractivity (Wildman–Crippen MR) is 153 cm³/mol. The number of ether oxygens (including phenoxy) is 1. The quantitative estimate of drug-likeness (QED) is 0.348. The van der Waals surface area contributed by atoms with Gasteiger partial charge in [-0.2, -0.15) is 0 Å². The molecule has 1 amide bonds. The molecule has 0 bridgehead atoms. The monoisotopic (exact) mass is 508 g/mol. The summed E-state index contributed by atoms with van der Waals surface area (Å²) in [5.41, 5.74) is 3.70. The summed E-state index contributed by atoms with van der Waals surface area (Å²) >= 11 is 0. The summed E-state index contributed by atoms with van der Waals surface area (Å²) in [6.07, 6.45) is 7.01. The van der Waals surface area contributed by atoms with E-state index in [4.69, 9.17) is 9.72 Å². The molecule has 1 aliphatic heterocycles. The lowest BCUT2D eigenvalue weighted by molar-refractivity contribution is -0.111. The number of carbonyl (C=O) groups is 1. The molecule has 8 nitrogen and oxygen atoms in total. The summed E-state index contributed by atoms with van der Waals surface area (Å²) in [6.45, 7) is 9.46. The number of pyridine rings is 1. The Morgan fingerprint density at radius 2 is 1.68 bits per heavy atom. The fourth-order valence-corrected chi connectivity index (χ4v) is 4.49. The maximum atomic E-state index is 12.6. The topological polar surface area (TPSA) is 83.5 Å². The number of carbonyl (C=O) groups excluding carboxylic acids is 1. The smallest absolute Gasteiger partial charge is 0.248 e. The Kier molecular flexibility index (Phi) is 7.49. The van der Waals surface area contributed by atoms with E-state index in [1.54, 1.807) is 18.5 Å². The number of nitrogens with zero attached hydrogens (tertiary/aromatic N) is 5. The Bertz CT molecular complexity index is 1430. The van der Waals surface area contributed by atoms with Gasteiger partial charge in [0, 0.05) is 55.7 Å². The third-order valence-electron chi connectivity index (χ3n) is 6.39. The van der Waals surface area contributed by atoms with Crippen LogP contribution in [0.3, 0.4) is 0 Å². The molecule has 1 N–H and O–H groups in total. The number of benzene rings is 2. The standard InChI is InChI=1S/C30H32N6O2/c1-21(2)38-25-9-5-23(6-10-25)7-12-29(37)33-24-8-11-27-26(20-24)22(3)19-28(34-27)35-15-17-36(18-16-35)30-31-13-4-14-32-30/h4-14,19-21H,15-18H2,1-3H3,(H,33,37)/b12-7+. The van der Waals surface area contributed by atoms with Crippen LogP contribution in [0.4, 0.5) is 17.5 Å². The number of rotatable bonds is 7. The van der Waals surface area contributed by atoms with E-state index in [9.17, 15) is 4.79 Å². The van der Waals surface area contributed by atoms with E-state index in [-0.39, 0.29) is 12.0 Å². The Balaban J connectivity index is 1.22. The average molecular weight is 509 g/mol. The summed E-state index contributed by atoms with van der Waals surface area (Å²) in [7, 11) is 0. The maximum absolute atomic E-state index is 12.6. The second-order valence-electron chi connectivity index (χ2n) is 9.61. The van der Waals surface area contributed by atoms with E-state index in [0.29, 0.717) is 0 Å². The van der Waals surface area contributed by atoms with Crippen molar-refractivity contribution >= 4 is 40.3 Å². The van der Waals surface area contributed by atoms with E-state index in [1.165, 1.54) is 6.08 Å². The van der Waals surface area contributed by atoms with Crippen LogP contribution < -0.4 is 19.9 Å². The van der Waals surface area contributed by atoms with Gasteiger partial charge in [-0.05, 0) is 80.4 Å². The molecule has 0 saturated carbocycles. The normalized spacial score (nSPS) is 13.9. The molecule has 8 heteroatoms.